The van der Waals surface area contributed by atoms with Crippen molar-refractivity contribution in [3.05, 3.63) is 15.5 Å². The largest absolute Gasteiger partial charge is 0.233 e. The molecule has 2 rings (SSSR count). The minimum absolute atomic E-state index is 0.510. The highest BCUT2D eigenvalue weighted by Gasteiger charge is 2.42. The molecule has 1 nitrogen and oxygen atoms in total. The molecule has 1 heterocycles. The Morgan fingerprint density at radius 3 is 2.83 bits per heavy atom. The summed E-state index contributed by atoms with van der Waals surface area (Å²) in [6, 6.07) is 0. The van der Waals surface area contributed by atoms with Gasteiger partial charge in [-0.25, -0.2) is 4.98 Å². The fourth-order valence-corrected chi connectivity index (χ4v) is 3.14. The molecule has 0 N–H and O–H groups in total. The van der Waals surface area contributed by atoms with Crippen LogP contribution in [0.4, 0.5) is 0 Å². The van der Waals surface area contributed by atoms with E-state index < -0.39 is 0 Å². The van der Waals surface area contributed by atoms with E-state index >= 15 is 0 Å². The highest BCUT2D eigenvalue weighted by atomic mass is 79.9. The van der Waals surface area contributed by atoms with Crippen molar-refractivity contribution in [2.24, 2.45) is 5.41 Å². The molecule has 1 aliphatic rings. The van der Waals surface area contributed by atoms with Gasteiger partial charge >= 0.3 is 0 Å². The first-order valence-corrected chi connectivity index (χ1v) is 6.27. The van der Waals surface area contributed by atoms with Gasteiger partial charge in [0.05, 0.1) is 5.51 Å². The smallest absolute Gasteiger partial charge is 0.143 e. The zero-order chi connectivity index (χ0) is 8.60. The minimum Gasteiger partial charge on any atom is -0.233 e. The van der Waals surface area contributed by atoms with Crippen LogP contribution in [-0.4, -0.2) is 10.3 Å². The average molecular weight is 267 g/mol. The number of nitrogens with zero attached hydrogens (tertiary/aromatic N) is 1. The van der Waals surface area contributed by atoms with Crippen LogP contribution in [0, 0.1) is 5.41 Å². The summed E-state index contributed by atoms with van der Waals surface area (Å²) in [5, 5.41) is 1.79. The monoisotopic (exact) mass is 265 g/mol. The predicted molar refractivity (Wildman–Crippen MR) is 56.3 cm³/mol. The molecule has 0 bridgehead atoms. The predicted octanol–water partition coefficient (Wildman–Crippen LogP) is 3.51. The molecule has 4 heteroatoms. The van der Waals surface area contributed by atoms with Crippen molar-refractivity contribution in [1.82, 2.24) is 4.98 Å². The average Bonchev–Trinajstić information content (AvgIpc) is 2.74. The molecule has 0 aliphatic heterocycles. The molecule has 0 saturated heterocycles. The first kappa shape index (κ1) is 8.97. The zero-order valence-electron chi connectivity index (χ0n) is 6.52. The molecule has 1 aromatic heterocycles. The summed E-state index contributed by atoms with van der Waals surface area (Å²) in [5.41, 5.74) is 2.33. The van der Waals surface area contributed by atoms with Crippen LogP contribution in [0.5, 0.6) is 0 Å². The molecule has 0 amide bonds. The fourth-order valence-electron chi connectivity index (χ4n) is 1.25. The van der Waals surface area contributed by atoms with E-state index in [0.29, 0.717) is 10.6 Å². The van der Waals surface area contributed by atoms with E-state index in [9.17, 15) is 0 Å². The van der Waals surface area contributed by atoms with E-state index in [1.165, 1.54) is 17.7 Å². The number of halogens is 2. The third-order valence-corrected chi connectivity index (χ3v) is 4.83. The van der Waals surface area contributed by atoms with Crippen molar-refractivity contribution in [1.29, 1.82) is 0 Å². The molecule has 1 saturated carbocycles. The van der Waals surface area contributed by atoms with Crippen LogP contribution >= 0.6 is 38.9 Å². The number of thiazole rings is 1. The van der Waals surface area contributed by atoms with Gasteiger partial charge in [0.1, 0.15) is 5.15 Å². The highest BCUT2D eigenvalue weighted by molar-refractivity contribution is 9.09. The van der Waals surface area contributed by atoms with Gasteiger partial charge in [-0.15, -0.1) is 11.3 Å². The van der Waals surface area contributed by atoms with Gasteiger partial charge in [-0.05, 0) is 24.7 Å². The Balaban J connectivity index is 2.08. The number of rotatable bonds is 3. The molecule has 0 aromatic carbocycles. The second-order valence-corrected chi connectivity index (χ2v) is 5.23. The number of alkyl halides is 1. The minimum atomic E-state index is 0.510. The topological polar surface area (TPSA) is 12.9 Å². The van der Waals surface area contributed by atoms with Gasteiger partial charge in [0.2, 0.25) is 0 Å². The van der Waals surface area contributed by atoms with Gasteiger partial charge in [0, 0.05) is 10.2 Å². The van der Waals surface area contributed by atoms with Gasteiger partial charge in [-0.1, -0.05) is 27.5 Å². The Morgan fingerprint density at radius 2 is 2.42 bits per heavy atom. The van der Waals surface area contributed by atoms with Crippen LogP contribution in [0.1, 0.15) is 17.7 Å². The van der Waals surface area contributed by atoms with E-state index in [4.69, 9.17) is 11.6 Å². The molecule has 0 atom stereocenters. The van der Waals surface area contributed by atoms with Crippen LogP contribution in [-0.2, 0) is 6.42 Å². The maximum absolute atomic E-state index is 5.91. The molecular formula is C8H9BrClNS. The van der Waals surface area contributed by atoms with Gasteiger partial charge in [-0.3, -0.25) is 0 Å². The van der Waals surface area contributed by atoms with Crippen LogP contribution in [0.2, 0.25) is 5.15 Å². The van der Waals surface area contributed by atoms with Crippen molar-refractivity contribution < 1.29 is 0 Å². The molecule has 1 aromatic rings. The summed E-state index contributed by atoms with van der Waals surface area (Å²) >= 11 is 11.1. The molecule has 1 aliphatic carbocycles. The van der Waals surface area contributed by atoms with Gasteiger partial charge in [0.15, 0.2) is 0 Å². The van der Waals surface area contributed by atoms with Crippen molar-refractivity contribution in [3.63, 3.8) is 0 Å². The SMILES string of the molecule is Clc1ncsc1CC1(CBr)CC1. The number of aromatic nitrogens is 1. The Morgan fingerprint density at radius 1 is 1.67 bits per heavy atom. The summed E-state index contributed by atoms with van der Waals surface area (Å²) in [6.45, 7) is 0. The summed E-state index contributed by atoms with van der Waals surface area (Å²) < 4.78 is 0. The third-order valence-electron chi connectivity index (χ3n) is 2.37. The molecule has 66 valence electrons. The normalized spacial score (nSPS) is 19.5. The second-order valence-electron chi connectivity index (χ2n) is 3.38. The van der Waals surface area contributed by atoms with E-state index in [0.717, 1.165) is 11.8 Å². The Bertz CT molecular complexity index is 282. The fraction of sp³-hybridized carbons (Fsp3) is 0.625. The lowest BCUT2D eigenvalue weighted by atomic mass is 10.1. The van der Waals surface area contributed by atoms with Crippen LogP contribution in [0.25, 0.3) is 0 Å². The first-order valence-electron chi connectivity index (χ1n) is 3.90. The molecule has 0 unspecified atom stereocenters. The van der Waals surface area contributed by atoms with Gasteiger partial charge in [0.25, 0.3) is 0 Å². The van der Waals surface area contributed by atoms with Crippen LogP contribution < -0.4 is 0 Å². The summed E-state index contributed by atoms with van der Waals surface area (Å²) in [7, 11) is 0. The van der Waals surface area contributed by atoms with Crippen molar-refractivity contribution in [2.45, 2.75) is 19.3 Å². The number of hydrogen-bond donors (Lipinski definition) is 0. The summed E-state index contributed by atoms with van der Waals surface area (Å²) in [4.78, 5) is 5.28. The Hall–Kier alpha value is 0.400. The van der Waals surface area contributed by atoms with Crippen molar-refractivity contribution in [2.75, 3.05) is 5.33 Å². The van der Waals surface area contributed by atoms with Crippen LogP contribution in [0.3, 0.4) is 0 Å². The van der Waals surface area contributed by atoms with E-state index in [1.54, 1.807) is 11.3 Å². The molecule has 0 radical (unpaired) electrons. The van der Waals surface area contributed by atoms with E-state index in [2.05, 4.69) is 20.9 Å². The van der Waals surface area contributed by atoms with E-state index in [1.807, 2.05) is 5.51 Å². The Labute approximate surface area is 89.3 Å². The van der Waals surface area contributed by atoms with Crippen LogP contribution in [0.15, 0.2) is 5.51 Å². The van der Waals surface area contributed by atoms with Gasteiger partial charge in [-0.2, -0.15) is 0 Å². The lowest BCUT2D eigenvalue weighted by Gasteiger charge is -2.08. The van der Waals surface area contributed by atoms with Crippen molar-refractivity contribution >= 4 is 38.9 Å². The summed E-state index contributed by atoms with van der Waals surface area (Å²) in [5.74, 6) is 0. The summed E-state index contributed by atoms with van der Waals surface area (Å²) in [6.07, 6.45) is 3.75. The zero-order valence-corrected chi connectivity index (χ0v) is 9.68. The maximum atomic E-state index is 5.91. The quantitative estimate of drug-likeness (QED) is 0.763. The lowest BCUT2D eigenvalue weighted by Crippen LogP contribution is -2.05. The standard InChI is InChI=1S/C8H9BrClNS/c9-4-8(1-2-8)3-6-7(10)11-5-12-6/h5H,1-4H2. The second kappa shape index (κ2) is 3.28. The maximum Gasteiger partial charge on any atom is 0.143 e. The lowest BCUT2D eigenvalue weighted by molar-refractivity contribution is 0.592. The Kier molecular flexibility index (Phi) is 2.45. The van der Waals surface area contributed by atoms with Crippen molar-refractivity contribution in [3.8, 4) is 0 Å². The molecule has 1 fully saturated rings. The molecule has 0 spiro atoms. The molecule has 12 heavy (non-hydrogen) atoms. The van der Waals surface area contributed by atoms with Gasteiger partial charge < -0.3 is 0 Å². The molecular weight excluding hydrogens is 258 g/mol. The first-order chi connectivity index (χ1) is 5.76. The van der Waals surface area contributed by atoms with E-state index in [-0.39, 0.29) is 0 Å². The highest BCUT2D eigenvalue weighted by Crippen LogP contribution is 2.50. The number of hydrogen-bond acceptors (Lipinski definition) is 2. The third kappa shape index (κ3) is 1.68.